The average Bonchev–Trinajstić information content (AvgIpc) is 2.83. The van der Waals surface area contributed by atoms with Gasteiger partial charge in [0, 0.05) is 24.5 Å². The molecule has 2 amide bonds. The number of carbonyl (C=O) groups is 2. The summed E-state index contributed by atoms with van der Waals surface area (Å²) in [7, 11) is 0. The number of thiazole rings is 1. The quantitative estimate of drug-likeness (QED) is 0.853. The molecule has 3 saturated heterocycles. The topological polar surface area (TPSA) is 62.7 Å². The van der Waals surface area contributed by atoms with Gasteiger partial charge in [0.1, 0.15) is 0 Å². The van der Waals surface area contributed by atoms with Crippen LogP contribution in [0.25, 0.3) is 0 Å². The van der Waals surface area contributed by atoms with Crippen molar-refractivity contribution in [2.24, 2.45) is 5.92 Å². The maximum absolute atomic E-state index is 12.6. The van der Waals surface area contributed by atoms with Gasteiger partial charge in [-0.3, -0.25) is 4.79 Å². The third kappa shape index (κ3) is 2.88. The molecule has 114 valence electrons. The number of piperidine rings is 1. The van der Waals surface area contributed by atoms with Crippen LogP contribution in [0.15, 0.2) is 10.9 Å². The lowest BCUT2D eigenvalue weighted by molar-refractivity contribution is -0.140. The van der Waals surface area contributed by atoms with Gasteiger partial charge in [-0.1, -0.05) is 0 Å². The van der Waals surface area contributed by atoms with E-state index < -0.39 is 0 Å². The molecule has 0 unspecified atom stereocenters. The molecular weight excluding hydrogens is 290 g/mol. The highest BCUT2D eigenvalue weighted by Gasteiger charge is 2.42. The molecule has 21 heavy (non-hydrogen) atoms. The van der Waals surface area contributed by atoms with E-state index >= 15 is 0 Å². The molecular formula is C14H19N3O3S. The van der Waals surface area contributed by atoms with Crippen molar-refractivity contribution >= 4 is 23.3 Å². The minimum Gasteiger partial charge on any atom is -0.450 e. The molecule has 1 aromatic heterocycles. The Kier molecular flexibility index (Phi) is 4.10. The second kappa shape index (κ2) is 6.01. The minimum absolute atomic E-state index is 0.0716. The smallest absolute Gasteiger partial charge is 0.409 e. The zero-order valence-corrected chi connectivity index (χ0v) is 12.8. The standard InChI is InChI=1S/C14H19N3O3S/c1-2-20-14(19)16-5-10-3-4-12(7-16)17(13(10)18)6-11-8-21-9-15-11/h8-10,12H,2-7H2,1H3/t10-,12+/m0/s1. The molecule has 4 heterocycles. The molecule has 0 radical (unpaired) electrons. The molecule has 4 rings (SSSR count). The van der Waals surface area contributed by atoms with Crippen LogP contribution < -0.4 is 0 Å². The van der Waals surface area contributed by atoms with Crippen molar-refractivity contribution in [3.8, 4) is 0 Å². The third-order valence-electron chi connectivity index (χ3n) is 4.14. The molecule has 0 aromatic carbocycles. The van der Waals surface area contributed by atoms with E-state index in [0.717, 1.165) is 18.5 Å². The largest absolute Gasteiger partial charge is 0.450 e. The van der Waals surface area contributed by atoms with Crippen LogP contribution in [-0.4, -0.2) is 52.5 Å². The van der Waals surface area contributed by atoms with Crippen molar-refractivity contribution in [3.63, 3.8) is 0 Å². The van der Waals surface area contributed by atoms with Crippen molar-refractivity contribution in [2.45, 2.75) is 32.4 Å². The van der Waals surface area contributed by atoms with Gasteiger partial charge >= 0.3 is 6.09 Å². The van der Waals surface area contributed by atoms with Gasteiger partial charge in [-0.2, -0.15) is 0 Å². The van der Waals surface area contributed by atoms with Gasteiger partial charge in [0.25, 0.3) is 0 Å². The summed E-state index contributed by atoms with van der Waals surface area (Å²) in [4.78, 5) is 32.4. The van der Waals surface area contributed by atoms with Gasteiger partial charge in [-0.25, -0.2) is 9.78 Å². The maximum Gasteiger partial charge on any atom is 0.409 e. The molecule has 3 fully saturated rings. The van der Waals surface area contributed by atoms with Crippen LogP contribution in [-0.2, 0) is 16.1 Å². The predicted molar refractivity (Wildman–Crippen MR) is 77.8 cm³/mol. The van der Waals surface area contributed by atoms with Crippen LogP contribution in [0, 0.1) is 5.92 Å². The van der Waals surface area contributed by atoms with Crippen LogP contribution >= 0.6 is 11.3 Å². The van der Waals surface area contributed by atoms with Crippen molar-refractivity contribution in [3.05, 3.63) is 16.6 Å². The number of aromatic nitrogens is 1. The molecule has 3 aliphatic heterocycles. The number of carbonyl (C=O) groups excluding carboxylic acids is 2. The Labute approximate surface area is 127 Å². The van der Waals surface area contributed by atoms with Crippen molar-refractivity contribution in [1.29, 1.82) is 0 Å². The van der Waals surface area contributed by atoms with Gasteiger partial charge in [-0.05, 0) is 19.8 Å². The van der Waals surface area contributed by atoms with E-state index in [2.05, 4.69) is 4.98 Å². The lowest BCUT2D eigenvalue weighted by Gasteiger charge is -2.35. The average molecular weight is 309 g/mol. The summed E-state index contributed by atoms with van der Waals surface area (Å²) in [6, 6.07) is 0.0716. The molecule has 0 N–H and O–H groups in total. The van der Waals surface area contributed by atoms with E-state index in [1.54, 1.807) is 17.3 Å². The van der Waals surface area contributed by atoms with E-state index in [1.807, 2.05) is 10.3 Å². The normalized spacial score (nSPS) is 25.1. The fourth-order valence-electron chi connectivity index (χ4n) is 3.10. The first-order valence-electron chi connectivity index (χ1n) is 7.28. The second-order valence-electron chi connectivity index (χ2n) is 5.48. The number of fused-ring (bicyclic) bond motifs is 4. The first-order valence-corrected chi connectivity index (χ1v) is 8.22. The third-order valence-corrected chi connectivity index (χ3v) is 4.77. The first-order chi connectivity index (χ1) is 10.2. The number of rotatable bonds is 3. The fourth-order valence-corrected chi connectivity index (χ4v) is 3.65. The molecule has 1 aromatic rings. The summed E-state index contributed by atoms with van der Waals surface area (Å²) in [6.07, 6.45) is 1.49. The van der Waals surface area contributed by atoms with Crippen LogP contribution in [0.2, 0.25) is 0 Å². The second-order valence-corrected chi connectivity index (χ2v) is 6.20. The summed E-state index contributed by atoms with van der Waals surface area (Å²) < 4.78 is 5.08. The maximum atomic E-state index is 12.6. The number of hydrogen-bond acceptors (Lipinski definition) is 5. The summed E-state index contributed by atoms with van der Waals surface area (Å²) in [5, 5.41) is 1.97. The Morgan fingerprint density at radius 1 is 1.48 bits per heavy atom. The molecule has 7 heteroatoms. The first kappa shape index (κ1) is 14.3. The van der Waals surface area contributed by atoms with Gasteiger partial charge in [0.05, 0.1) is 30.3 Å². The lowest BCUT2D eigenvalue weighted by atomic mass is 9.94. The molecule has 0 aliphatic carbocycles. The number of amides is 2. The minimum atomic E-state index is -0.308. The van der Waals surface area contributed by atoms with E-state index in [-0.39, 0.29) is 24.0 Å². The highest BCUT2D eigenvalue weighted by Crippen LogP contribution is 2.30. The highest BCUT2D eigenvalue weighted by molar-refractivity contribution is 7.07. The van der Waals surface area contributed by atoms with Crippen LogP contribution in [0.4, 0.5) is 4.79 Å². The van der Waals surface area contributed by atoms with Crippen molar-refractivity contribution in [2.75, 3.05) is 19.7 Å². The fraction of sp³-hybridized carbons (Fsp3) is 0.643. The Bertz CT molecular complexity index is 520. The van der Waals surface area contributed by atoms with Crippen molar-refractivity contribution in [1.82, 2.24) is 14.8 Å². The summed E-state index contributed by atoms with van der Waals surface area (Å²) in [5.41, 5.74) is 2.70. The zero-order chi connectivity index (χ0) is 14.8. The van der Waals surface area contributed by atoms with Crippen LogP contribution in [0.3, 0.4) is 0 Å². The Morgan fingerprint density at radius 2 is 2.33 bits per heavy atom. The summed E-state index contributed by atoms with van der Waals surface area (Å²) in [5.74, 6) is 0.0397. The number of nitrogens with zero attached hydrogens (tertiary/aromatic N) is 3. The van der Waals surface area contributed by atoms with Crippen molar-refractivity contribution < 1.29 is 14.3 Å². The Morgan fingerprint density at radius 3 is 3.05 bits per heavy atom. The van der Waals surface area contributed by atoms with Gasteiger partial charge in [-0.15, -0.1) is 11.3 Å². The van der Waals surface area contributed by atoms with E-state index in [1.165, 1.54) is 11.3 Å². The monoisotopic (exact) mass is 309 g/mol. The van der Waals surface area contributed by atoms with Gasteiger partial charge < -0.3 is 14.5 Å². The number of hydrogen-bond donors (Lipinski definition) is 0. The SMILES string of the molecule is CCOC(=O)N1C[C@@H]2CC[C@H](C1)N(Cc1cscn1)C2=O. The van der Waals surface area contributed by atoms with Crippen LogP contribution in [0.1, 0.15) is 25.5 Å². The molecule has 0 saturated carbocycles. The number of ether oxygens (including phenoxy) is 1. The Hall–Kier alpha value is -1.63. The summed E-state index contributed by atoms with van der Waals surface area (Å²) >= 11 is 1.53. The van der Waals surface area contributed by atoms with E-state index in [4.69, 9.17) is 4.74 Å². The molecule has 6 nitrogen and oxygen atoms in total. The molecule has 2 bridgehead atoms. The van der Waals surface area contributed by atoms with E-state index in [0.29, 0.717) is 26.2 Å². The molecule has 2 atom stereocenters. The highest BCUT2D eigenvalue weighted by atomic mass is 32.1. The lowest BCUT2D eigenvalue weighted by Crippen LogP contribution is -2.47. The summed E-state index contributed by atoms with van der Waals surface area (Å²) in [6.45, 7) is 3.73. The van der Waals surface area contributed by atoms with Crippen LogP contribution in [0.5, 0.6) is 0 Å². The molecule has 0 spiro atoms. The van der Waals surface area contributed by atoms with Gasteiger partial charge in [0.15, 0.2) is 0 Å². The van der Waals surface area contributed by atoms with E-state index in [9.17, 15) is 9.59 Å². The molecule has 3 aliphatic rings. The zero-order valence-electron chi connectivity index (χ0n) is 12.0. The predicted octanol–water partition coefficient (Wildman–Crippen LogP) is 1.72. The Balaban J connectivity index is 1.76. The van der Waals surface area contributed by atoms with Gasteiger partial charge in [0.2, 0.25) is 5.91 Å².